The Balaban J connectivity index is 0.00000199. The molecular weight excluding hydrogens is 493 g/mol. The molecule has 2 aromatic rings. The minimum absolute atomic E-state index is 0.126. The van der Waals surface area contributed by atoms with E-state index in [0.29, 0.717) is 27.3 Å². The minimum Gasteiger partial charge on any atom is -0.284 e. The zero-order chi connectivity index (χ0) is 25.3. The average molecular weight is 523 g/mol. The summed E-state index contributed by atoms with van der Waals surface area (Å²) < 4.78 is 0. The van der Waals surface area contributed by atoms with Crippen molar-refractivity contribution in [2.24, 2.45) is 11.0 Å². The summed E-state index contributed by atoms with van der Waals surface area (Å²) in [5.74, 6) is -1.23. The van der Waals surface area contributed by atoms with Crippen LogP contribution in [0.3, 0.4) is 0 Å². The van der Waals surface area contributed by atoms with Crippen molar-refractivity contribution in [1.82, 2.24) is 10.4 Å². The number of nitrogens with zero attached hydrogens (tertiary/aromatic N) is 4. The molecule has 1 aliphatic heterocycles. The van der Waals surface area contributed by atoms with Crippen molar-refractivity contribution in [3.05, 3.63) is 63.1 Å². The summed E-state index contributed by atoms with van der Waals surface area (Å²) in [6.45, 7) is 6.83. The molecule has 182 valence electrons. The molecule has 1 N–H and O–H groups in total. The van der Waals surface area contributed by atoms with Gasteiger partial charge in [-0.15, -0.1) is 0 Å². The first-order valence-corrected chi connectivity index (χ1v) is 12.5. The molecule has 0 aliphatic carbocycles. The number of carbonyl (C=O) groups is 1. The summed E-state index contributed by atoms with van der Waals surface area (Å²) in [6, 6.07) is 13.9. The third-order valence-electron chi connectivity index (χ3n) is 5.22. The lowest BCUT2D eigenvalue weighted by Crippen LogP contribution is -2.44. The smallest absolute Gasteiger partial charge is 0.283 e. The van der Waals surface area contributed by atoms with Gasteiger partial charge in [0.1, 0.15) is 11.6 Å². The molecule has 0 spiro atoms. The molecule has 1 aliphatic rings. The Morgan fingerprint density at radius 3 is 2.35 bits per heavy atom. The highest BCUT2D eigenvalue weighted by atomic mass is 35.5. The van der Waals surface area contributed by atoms with Crippen molar-refractivity contribution in [3.63, 3.8) is 0 Å². The Morgan fingerprint density at radius 1 is 1.12 bits per heavy atom. The fourth-order valence-corrected chi connectivity index (χ4v) is 4.22. The number of hydrazone groups is 1. The highest BCUT2D eigenvalue weighted by Crippen LogP contribution is 2.42. The quantitative estimate of drug-likeness (QED) is 0.303. The highest BCUT2D eigenvalue weighted by molar-refractivity contribution is 6.41. The van der Waals surface area contributed by atoms with Gasteiger partial charge in [-0.25, -0.2) is 5.01 Å². The molecule has 34 heavy (non-hydrogen) atoms. The molecule has 2 atom stereocenters. The fraction of sp³-hybridized carbons (Fsp3) is 0.400. The molecule has 1 heterocycles. The summed E-state index contributed by atoms with van der Waals surface area (Å²) in [5.41, 5.74) is 4.30. The van der Waals surface area contributed by atoms with Crippen LogP contribution in [0.25, 0.3) is 0 Å². The van der Waals surface area contributed by atoms with Gasteiger partial charge in [0.2, 0.25) is 0 Å². The number of hydrogen-bond donors (Lipinski definition) is 1. The van der Waals surface area contributed by atoms with Gasteiger partial charge in [-0.2, -0.15) is 10.4 Å². The molecule has 0 radical (unpaired) electrons. The molecule has 0 aromatic heterocycles. The van der Waals surface area contributed by atoms with E-state index in [4.69, 9.17) is 34.8 Å². The van der Waals surface area contributed by atoms with Crippen LogP contribution in [-0.2, 0) is 4.79 Å². The number of benzene rings is 2. The number of hydrogen-bond acceptors (Lipinski definition) is 5. The minimum atomic E-state index is -0.813. The first kappa shape index (κ1) is 27.9. The summed E-state index contributed by atoms with van der Waals surface area (Å²) in [4.78, 5) is 13.1. The van der Waals surface area contributed by atoms with E-state index in [0.717, 1.165) is 24.8 Å². The van der Waals surface area contributed by atoms with Crippen molar-refractivity contribution in [2.75, 3.05) is 18.6 Å². The van der Waals surface area contributed by atoms with Crippen molar-refractivity contribution >= 4 is 52.1 Å². The van der Waals surface area contributed by atoms with E-state index >= 15 is 0 Å². The maximum absolute atomic E-state index is 13.1. The number of nitrogens with one attached hydrogen (secondary N) is 1. The third-order valence-corrected chi connectivity index (χ3v) is 6.01. The number of unbranched alkanes of at least 4 members (excludes halogenated alkanes) is 2. The Kier molecular flexibility index (Phi) is 11.1. The molecular formula is C25H30Cl3N5O. The summed E-state index contributed by atoms with van der Waals surface area (Å²) in [7, 11) is 1.80. The second-order valence-electron chi connectivity index (χ2n) is 7.60. The second-order valence-corrected chi connectivity index (χ2v) is 8.88. The summed E-state index contributed by atoms with van der Waals surface area (Å²) >= 11 is 18.6. The number of carbonyl (C=O) groups excluding carboxylic acids is 1. The van der Waals surface area contributed by atoms with E-state index in [9.17, 15) is 10.1 Å². The van der Waals surface area contributed by atoms with Gasteiger partial charge >= 0.3 is 0 Å². The lowest BCUT2D eigenvalue weighted by molar-refractivity contribution is -0.119. The van der Waals surface area contributed by atoms with Crippen LogP contribution in [0.4, 0.5) is 5.69 Å². The summed E-state index contributed by atoms with van der Waals surface area (Å²) in [6.07, 6.45) is 3.12. The maximum atomic E-state index is 13.1. The number of hydrazine groups is 1. The van der Waals surface area contributed by atoms with Gasteiger partial charge in [-0.05, 0) is 42.3 Å². The summed E-state index contributed by atoms with van der Waals surface area (Å²) in [5, 5.41) is 19.3. The fourth-order valence-electron chi connectivity index (χ4n) is 3.60. The van der Waals surface area contributed by atoms with Crippen LogP contribution in [-0.4, -0.2) is 30.2 Å². The van der Waals surface area contributed by atoms with Gasteiger partial charge in [0, 0.05) is 23.6 Å². The van der Waals surface area contributed by atoms with Crippen molar-refractivity contribution < 1.29 is 4.79 Å². The molecule has 3 rings (SSSR count). The molecule has 9 heteroatoms. The Hall–Kier alpha value is -2.30. The standard InChI is InChI=1S/C23H24Cl3N5O.C2H6/c1-3-4-5-12-30(2)29-23(32)21-18(14-27)22(15-6-8-16(24)9-7-15)31(28-21)20-11-10-17(25)13-19(20)26;1-2/h6-11,13,18,22H,3-5,12H2,1-2H3,(H,29,32);1-2H3. The molecule has 6 nitrogen and oxygen atoms in total. The number of rotatable bonds is 8. The van der Waals surface area contributed by atoms with Crippen LogP contribution in [0.2, 0.25) is 15.1 Å². The predicted octanol–water partition coefficient (Wildman–Crippen LogP) is 6.88. The molecule has 0 saturated carbocycles. The van der Waals surface area contributed by atoms with Crippen LogP contribution < -0.4 is 10.4 Å². The van der Waals surface area contributed by atoms with Gasteiger partial charge in [0.25, 0.3) is 5.91 Å². The van der Waals surface area contributed by atoms with Gasteiger partial charge in [-0.1, -0.05) is 80.5 Å². The zero-order valence-electron chi connectivity index (χ0n) is 19.9. The topological polar surface area (TPSA) is 71.7 Å². The second kappa shape index (κ2) is 13.6. The van der Waals surface area contributed by atoms with Crippen LogP contribution in [0.15, 0.2) is 47.6 Å². The normalized spacial score (nSPS) is 17.0. The molecule has 2 unspecified atom stereocenters. The number of anilines is 1. The van der Waals surface area contributed by atoms with E-state index in [1.807, 2.05) is 26.0 Å². The number of nitriles is 1. The van der Waals surface area contributed by atoms with Crippen LogP contribution in [0.5, 0.6) is 0 Å². The van der Waals surface area contributed by atoms with Gasteiger partial charge in [0.15, 0.2) is 0 Å². The molecule has 0 bridgehead atoms. The monoisotopic (exact) mass is 521 g/mol. The third kappa shape index (κ3) is 6.86. The average Bonchev–Trinajstić information content (AvgIpc) is 3.20. The molecule has 2 aromatic carbocycles. The van der Waals surface area contributed by atoms with Gasteiger partial charge in [-0.3, -0.25) is 15.2 Å². The van der Waals surface area contributed by atoms with Crippen molar-refractivity contribution in [2.45, 2.75) is 46.1 Å². The lowest BCUT2D eigenvalue weighted by Gasteiger charge is -2.26. The van der Waals surface area contributed by atoms with E-state index in [1.54, 1.807) is 47.4 Å². The Labute approximate surface area is 217 Å². The van der Waals surface area contributed by atoms with E-state index < -0.39 is 17.9 Å². The van der Waals surface area contributed by atoms with E-state index in [2.05, 4.69) is 23.5 Å². The van der Waals surface area contributed by atoms with Crippen LogP contribution in [0, 0.1) is 17.2 Å². The zero-order valence-corrected chi connectivity index (χ0v) is 22.1. The highest BCUT2D eigenvalue weighted by Gasteiger charge is 2.43. The Morgan fingerprint density at radius 2 is 1.76 bits per heavy atom. The molecule has 0 fully saturated rings. The molecule has 1 amide bonds. The van der Waals surface area contributed by atoms with Crippen LogP contribution >= 0.6 is 34.8 Å². The Bertz CT molecular complexity index is 1040. The van der Waals surface area contributed by atoms with Crippen LogP contribution in [0.1, 0.15) is 51.6 Å². The van der Waals surface area contributed by atoms with Gasteiger partial charge < -0.3 is 0 Å². The van der Waals surface area contributed by atoms with E-state index in [-0.39, 0.29) is 5.71 Å². The first-order chi connectivity index (χ1) is 16.3. The molecule has 0 saturated heterocycles. The first-order valence-electron chi connectivity index (χ1n) is 11.4. The largest absolute Gasteiger partial charge is 0.284 e. The SMILES string of the molecule is CC.CCCCCN(C)NC(=O)C1=NN(c2ccc(Cl)cc2Cl)C(c2ccc(Cl)cc2)C1C#N. The maximum Gasteiger partial charge on any atom is 0.283 e. The number of amides is 1. The van der Waals surface area contributed by atoms with E-state index in [1.165, 1.54) is 0 Å². The van der Waals surface area contributed by atoms with Crippen molar-refractivity contribution in [3.8, 4) is 6.07 Å². The lowest BCUT2D eigenvalue weighted by atomic mass is 9.90. The van der Waals surface area contributed by atoms with Crippen molar-refractivity contribution in [1.29, 1.82) is 5.26 Å². The van der Waals surface area contributed by atoms with Gasteiger partial charge in [0.05, 0.1) is 22.8 Å². The number of halogens is 3. The predicted molar refractivity (Wildman–Crippen MR) is 141 cm³/mol.